The summed E-state index contributed by atoms with van der Waals surface area (Å²) in [6.07, 6.45) is 4.15. The highest BCUT2D eigenvalue weighted by molar-refractivity contribution is 7.16. The molecule has 33 heavy (non-hydrogen) atoms. The minimum atomic E-state index is -1.60. The van der Waals surface area contributed by atoms with Gasteiger partial charge in [-0.25, -0.2) is 9.37 Å². The van der Waals surface area contributed by atoms with Crippen LogP contribution in [0.1, 0.15) is 49.9 Å². The second-order valence-electron chi connectivity index (χ2n) is 8.92. The lowest BCUT2D eigenvalue weighted by atomic mass is 10.0. The Labute approximate surface area is 194 Å². The number of aliphatic hydroxyl groups is 1. The molecule has 3 aromatic rings. The predicted octanol–water partition coefficient (Wildman–Crippen LogP) is 3.92. The highest BCUT2D eigenvalue weighted by atomic mass is 32.1. The zero-order chi connectivity index (χ0) is 23.6. The number of H-pyrrole nitrogens is 1. The van der Waals surface area contributed by atoms with Crippen LogP contribution in [-0.2, 0) is 0 Å². The maximum absolute atomic E-state index is 14.1. The third-order valence-electron chi connectivity index (χ3n) is 5.77. The van der Waals surface area contributed by atoms with Crippen molar-refractivity contribution in [1.29, 1.82) is 0 Å². The van der Waals surface area contributed by atoms with E-state index in [9.17, 15) is 19.1 Å². The van der Waals surface area contributed by atoms with Crippen molar-refractivity contribution >= 4 is 44.7 Å². The molecule has 0 saturated heterocycles. The summed E-state index contributed by atoms with van der Waals surface area (Å²) in [5.74, 6) is 0.0779. The Balaban J connectivity index is 1.55. The van der Waals surface area contributed by atoms with E-state index in [1.165, 1.54) is 20.0 Å². The van der Waals surface area contributed by atoms with Crippen molar-refractivity contribution in [2.75, 3.05) is 17.2 Å². The van der Waals surface area contributed by atoms with E-state index in [0.717, 1.165) is 52.9 Å². The van der Waals surface area contributed by atoms with Crippen molar-refractivity contribution in [3.8, 4) is 0 Å². The molecular weight excluding hydrogens is 445 g/mol. The molecule has 5 N–H and O–H groups in total. The predicted molar refractivity (Wildman–Crippen MR) is 129 cm³/mol. The standard InChI is InChI=1S/C23H28FN5O3S/c1-23(2,32)19(24)12-26-21(30)15-11-25-20(10-17(15)27-13-5-3-4-6-13)28-14-7-8-16-18(9-14)33-22(31)29-16/h7-11,13,19,32H,3-6,12H2,1-2H3,(H,26,30)(H,29,31)(H2,25,27,28)/t19-/m1/s1. The van der Waals surface area contributed by atoms with Gasteiger partial charge in [0.1, 0.15) is 12.0 Å². The summed E-state index contributed by atoms with van der Waals surface area (Å²) in [5, 5.41) is 19.0. The molecule has 0 bridgehead atoms. The fraction of sp³-hybridized carbons (Fsp3) is 0.435. The highest BCUT2D eigenvalue weighted by Gasteiger charge is 2.27. The van der Waals surface area contributed by atoms with E-state index in [1.807, 2.05) is 18.2 Å². The molecule has 2 heterocycles. The molecule has 1 saturated carbocycles. The Bertz CT molecular complexity index is 1200. The number of aromatic amines is 1. The van der Waals surface area contributed by atoms with Gasteiger partial charge in [0.05, 0.1) is 33.6 Å². The lowest BCUT2D eigenvalue weighted by molar-refractivity contribution is -0.00177. The van der Waals surface area contributed by atoms with Crippen LogP contribution in [-0.4, -0.2) is 45.3 Å². The van der Waals surface area contributed by atoms with Crippen LogP contribution in [0.15, 0.2) is 35.3 Å². The van der Waals surface area contributed by atoms with Crippen molar-refractivity contribution in [2.45, 2.75) is 57.3 Å². The summed E-state index contributed by atoms with van der Waals surface area (Å²) < 4.78 is 14.9. The number of rotatable bonds is 8. The number of nitrogens with zero attached hydrogens (tertiary/aromatic N) is 1. The Morgan fingerprint density at radius 1 is 1.33 bits per heavy atom. The molecule has 0 aliphatic heterocycles. The van der Waals surface area contributed by atoms with E-state index in [0.29, 0.717) is 17.1 Å². The molecule has 1 aliphatic carbocycles. The highest BCUT2D eigenvalue weighted by Crippen LogP contribution is 2.28. The van der Waals surface area contributed by atoms with E-state index >= 15 is 0 Å². The van der Waals surface area contributed by atoms with Gasteiger partial charge >= 0.3 is 4.87 Å². The number of hydrogen-bond donors (Lipinski definition) is 5. The van der Waals surface area contributed by atoms with Crippen LogP contribution in [0.2, 0.25) is 0 Å². The van der Waals surface area contributed by atoms with Crippen molar-refractivity contribution in [2.24, 2.45) is 0 Å². The molecule has 1 fully saturated rings. The molecule has 10 heteroatoms. The molecule has 0 unspecified atom stereocenters. The van der Waals surface area contributed by atoms with Crippen molar-refractivity contribution in [3.05, 3.63) is 45.7 Å². The van der Waals surface area contributed by atoms with Crippen molar-refractivity contribution < 1.29 is 14.3 Å². The number of anilines is 3. The Morgan fingerprint density at radius 2 is 2.09 bits per heavy atom. The number of thiazole rings is 1. The van der Waals surface area contributed by atoms with Crippen LogP contribution >= 0.6 is 11.3 Å². The molecule has 1 aromatic carbocycles. The van der Waals surface area contributed by atoms with E-state index in [4.69, 9.17) is 0 Å². The number of nitrogens with one attached hydrogen (secondary N) is 4. The average molecular weight is 474 g/mol. The number of pyridine rings is 1. The number of aromatic nitrogens is 2. The van der Waals surface area contributed by atoms with Gasteiger partial charge in [-0.3, -0.25) is 9.59 Å². The molecule has 4 rings (SSSR count). The van der Waals surface area contributed by atoms with Gasteiger partial charge in [-0.2, -0.15) is 0 Å². The van der Waals surface area contributed by atoms with Gasteiger partial charge in [-0.1, -0.05) is 24.2 Å². The largest absolute Gasteiger partial charge is 0.387 e. The van der Waals surface area contributed by atoms with Crippen LogP contribution in [0.25, 0.3) is 10.2 Å². The summed E-state index contributed by atoms with van der Waals surface area (Å²) in [6.45, 7) is 2.43. The number of amides is 1. The van der Waals surface area contributed by atoms with E-state index in [-0.39, 0.29) is 17.5 Å². The number of carbonyl (C=O) groups excluding carboxylic acids is 1. The number of alkyl halides is 1. The van der Waals surface area contributed by atoms with Gasteiger partial charge in [0.2, 0.25) is 0 Å². The molecule has 0 radical (unpaired) electrons. The molecule has 176 valence electrons. The number of fused-ring (bicyclic) bond motifs is 1. The molecule has 1 atom stereocenters. The third-order valence-corrected chi connectivity index (χ3v) is 6.61. The Morgan fingerprint density at radius 3 is 2.82 bits per heavy atom. The third kappa shape index (κ3) is 5.69. The molecule has 1 amide bonds. The molecular formula is C23H28FN5O3S. The topological polar surface area (TPSA) is 119 Å². The van der Waals surface area contributed by atoms with E-state index in [2.05, 4.69) is 25.9 Å². The lowest BCUT2D eigenvalue weighted by Crippen LogP contribution is -2.42. The van der Waals surface area contributed by atoms with Gasteiger partial charge in [0, 0.05) is 24.0 Å². The fourth-order valence-electron chi connectivity index (χ4n) is 3.81. The van der Waals surface area contributed by atoms with Crippen molar-refractivity contribution in [3.63, 3.8) is 0 Å². The smallest absolute Gasteiger partial charge is 0.305 e. The minimum absolute atomic E-state index is 0.112. The van der Waals surface area contributed by atoms with Crippen LogP contribution in [0, 0.1) is 0 Å². The number of benzene rings is 1. The quantitative estimate of drug-likeness (QED) is 0.338. The molecule has 1 aliphatic rings. The van der Waals surface area contributed by atoms with E-state index < -0.39 is 17.7 Å². The first kappa shape index (κ1) is 23.2. The van der Waals surface area contributed by atoms with Gasteiger partial charge < -0.3 is 26.0 Å². The SMILES string of the molecule is CC(C)(O)[C@H](F)CNC(=O)c1cnc(Nc2ccc3[nH]c(=O)sc3c2)cc1NC1CCCC1. The minimum Gasteiger partial charge on any atom is -0.387 e. The average Bonchev–Trinajstić information content (AvgIpc) is 3.39. The van der Waals surface area contributed by atoms with Crippen molar-refractivity contribution in [1.82, 2.24) is 15.3 Å². The maximum Gasteiger partial charge on any atom is 0.305 e. The van der Waals surface area contributed by atoms with Gasteiger partial charge in [0.15, 0.2) is 0 Å². The van der Waals surface area contributed by atoms with Crippen LogP contribution < -0.4 is 20.8 Å². The van der Waals surface area contributed by atoms with Gasteiger partial charge in [0.25, 0.3) is 5.91 Å². The fourth-order valence-corrected chi connectivity index (χ4v) is 4.59. The molecule has 0 spiro atoms. The lowest BCUT2D eigenvalue weighted by Gasteiger charge is -2.23. The Hall–Kier alpha value is -2.98. The second kappa shape index (κ2) is 9.48. The maximum atomic E-state index is 14.1. The zero-order valence-corrected chi connectivity index (χ0v) is 19.4. The number of halogens is 1. The van der Waals surface area contributed by atoms with Gasteiger partial charge in [-0.05, 0) is 44.9 Å². The van der Waals surface area contributed by atoms with Gasteiger partial charge in [-0.15, -0.1) is 0 Å². The summed E-state index contributed by atoms with van der Waals surface area (Å²) in [4.78, 5) is 31.4. The first-order chi connectivity index (χ1) is 15.7. The molecule has 2 aromatic heterocycles. The monoisotopic (exact) mass is 473 g/mol. The summed E-state index contributed by atoms with van der Waals surface area (Å²) in [6, 6.07) is 7.55. The van der Waals surface area contributed by atoms with Crippen LogP contribution in [0.3, 0.4) is 0 Å². The number of carbonyl (C=O) groups is 1. The summed E-state index contributed by atoms with van der Waals surface area (Å²) in [7, 11) is 0. The first-order valence-corrected chi connectivity index (χ1v) is 11.8. The van der Waals surface area contributed by atoms with E-state index in [1.54, 1.807) is 6.07 Å². The zero-order valence-electron chi connectivity index (χ0n) is 18.6. The summed E-state index contributed by atoms with van der Waals surface area (Å²) in [5.41, 5.74) is 0.923. The second-order valence-corrected chi connectivity index (χ2v) is 9.94. The Kier molecular flexibility index (Phi) is 6.66. The first-order valence-electron chi connectivity index (χ1n) is 11.0. The van der Waals surface area contributed by atoms with Crippen LogP contribution in [0.5, 0.6) is 0 Å². The molecule has 8 nitrogen and oxygen atoms in total. The normalized spacial score (nSPS) is 15.5. The number of hydrogen-bond acceptors (Lipinski definition) is 7. The van der Waals surface area contributed by atoms with Crippen LogP contribution in [0.4, 0.5) is 21.6 Å². The summed E-state index contributed by atoms with van der Waals surface area (Å²) >= 11 is 1.13.